The lowest BCUT2D eigenvalue weighted by molar-refractivity contribution is 0.481. The van der Waals surface area contributed by atoms with E-state index in [1.807, 2.05) is 49.4 Å². The molecule has 0 aliphatic heterocycles. The van der Waals surface area contributed by atoms with Crippen molar-refractivity contribution in [2.45, 2.75) is 13.0 Å². The highest BCUT2D eigenvalue weighted by Gasteiger charge is 2.07. The SMILES string of the molecule is CC(N)c1cc(Oc2ccccc2)ccc1Cl. The van der Waals surface area contributed by atoms with E-state index in [9.17, 15) is 0 Å². The van der Waals surface area contributed by atoms with Gasteiger partial charge in [-0.1, -0.05) is 29.8 Å². The molecule has 2 aromatic carbocycles. The van der Waals surface area contributed by atoms with E-state index < -0.39 is 0 Å². The molecule has 0 amide bonds. The zero-order valence-corrected chi connectivity index (χ0v) is 10.3. The molecule has 0 radical (unpaired) electrons. The van der Waals surface area contributed by atoms with Crippen molar-refractivity contribution in [1.82, 2.24) is 0 Å². The van der Waals surface area contributed by atoms with Gasteiger partial charge in [-0.25, -0.2) is 0 Å². The van der Waals surface area contributed by atoms with Crippen molar-refractivity contribution < 1.29 is 4.74 Å². The van der Waals surface area contributed by atoms with E-state index in [2.05, 4.69) is 0 Å². The molecule has 1 atom stereocenters. The van der Waals surface area contributed by atoms with E-state index in [1.54, 1.807) is 6.07 Å². The van der Waals surface area contributed by atoms with Crippen LogP contribution in [-0.4, -0.2) is 0 Å². The van der Waals surface area contributed by atoms with Crippen LogP contribution in [0.1, 0.15) is 18.5 Å². The van der Waals surface area contributed by atoms with Gasteiger partial charge in [0.2, 0.25) is 0 Å². The average Bonchev–Trinajstić information content (AvgIpc) is 2.32. The first-order valence-electron chi connectivity index (χ1n) is 5.45. The number of para-hydroxylation sites is 1. The van der Waals surface area contributed by atoms with Crippen molar-refractivity contribution in [3.63, 3.8) is 0 Å². The standard InChI is InChI=1S/C14H14ClNO/c1-10(16)13-9-12(7-8-14(13)15)17-11-5-3-2-4-6-11/h2-10H,16H2,1H3. The lowest BCUT2D eigenvalue weighted by Gasteiger charge is -2.11. The Balaban J connectivity index is 2.26. The highest BCUT2D eigenvalue weighted by molar-refractivity contribution is 6.31. The minimum absolute atomic E-state index is 0.109. The fraction of sp³-hybridized carbons (Fsp3) is 0.143. The molecule has 17 heavy (non-hydrogen) atoms. The Hall–Kier alpha value is -1.51. The summed E-state index contributed by atoms with van der Waals surface area (Å²) < 4.78 is 5.71. The lowest BCUT2D eigenvalue weighted by atomic mass is 10.1. The van der Waals surface area contributed by atoms with Crippen molar-refractivity contribution >= 4 is 11.6 Å². The maximum atomic E-state index is 6.06. The predicted molar refractivity (Wildman–Crippen MR) is 70.6 cm³/mol. The van der Waals surface area contributed by atoms with Crippen molar-refractivity contribution in [1.29, 1.82) is 0 Å². The van der Waals surface area contributed by atoms with Crippen LogP contribution in [0.3, 0.4) is 0 Å². The summed E-state index contributed by atoms with van der Waals surface area (Å²) in [5.41, 5.74) is 6.73. The van der Waals surface area contributed by atoms with Crippen LogP contribution in [-0.2, 0) is 0 Å². The average molecular weight is 248 g/mol. The predicted octanol–water partition coefficient (Wildman–Crippen LogP) is 4.15. The molecular weight excluding hydrogens is 234 g/mol. The van der Waals surface area contributed by atoms with E-state index in [-0.39, 0.29) is 6.04 Å². The molecule has 0 aliphatic rings. The van der Waals surface area contributed by atoms with Gasteiger partial charge < -0.3 is 10.5 Å². The van der Waals surface area contributed by atoms with Gasteiger partial charge in [0.25, 0.3) is 0 Å². The molecule has 0 aromatic heterocycles. The van der Waals surface area contributed by atoms with Crippen molar-refractivity contribution in [2.24, 2.45) is 5.73 Å². The summed E-state index contributed by atoms with van der Waals surface area (Å²) in [6, 6.07) is 15.0. The van der Waals surface area contributed by atoms with Crippen LogP contribution in [0.15, 0.2) is 48.5 Å². The van der Waals surface area contributed by atoms with E-state index in [0.717, 1.165) is 17.1 Å². The molecule has 3 heteroatoms. The van der Waals surface area contributed by atoms with Crippen LogP contribution in [0.2, 0.25) is 5.02 Å². The van der Waals surface area contributed by atoms with E-state index >= 15 is 0 Å². The summed E-state index contributed by atoms with van der Waals surface area (Å²) in [7, 11) is 0. The number of benzene rings is 2. The van der Waals surface area contributed by atoms with Crippen molar-refractivity contribution in [3.05, 3.63) is 59.1 Å². The Morgan fingerprint density at radius 2 is 1.76 bits per heavy atom. The Morgan fingerprint density at radius 3 is 2.41 bits per heavy atom. The molecule has 0 spiro atoms. The second-order valence-corrected chi connectivity index (χ2v) is 4.29. The molecule has 88 valence electrons. The molecule has 0 heterocycles. The first-order valence-corrected chi connectivity index (χ1v) is 5.82. The lowest BCUT2D eigenvalue weighted by Crippen LogP contribution is -2.05. The van der Waals surface area contributed by atoms with Crippen molar-refractivity contribution in [3.8, 4) is 11.5 Å². The topological polar surface area (TPSA) is 35.2 Å². The minimum Gasteiger partial charge on any atom is -0.457 e. The fourth-order valence-electron chi connectivity index (χ4n) is 1.56. The van der Waals surface area contributed by atoms with Crippen LogP contribution in [0, 0.1) is 0 Å². The molecule has 0 saturated carbocycles. The molecule has 0 bridgehead atoms. The first-order chi connectivity index (χ1) is 8.16. The third-order valence-corrected chi connectivity index (χ3v) is 2.78. The third kappa shape index (κ3) is 2.99. The van der Waals surface area contributed by atoms with Gasteiger partial charge in [-0.05, 0) is 42.8 Å². The summed E-state index contributed by atoms with van der Waals surface area (Å²) in [5.74, 6) is 1.54. The van der Waals surface area contributed by atoms with Crippen molar-refractivity contribution in [2.75, 3.05) is 0 Å². The summed E-state index contributed by atoms with van der Waals surface area (Å²) in [6.07, 6.45) is 0. The zero-order valence-electron chi connectivity index (χ0n) is 9.56. The van der Waals surface area contributed by atoms with Crippen LogP contribution in [0.4, 0.5) is 0 Å². The Kier molecular flexibility index (Phi) is 3.67. The van der Waals surface area contributed by atoms with Gasteiger partial charge in [0.15, 0.2) is 0 Å². The zero-order chi connectivity index (χ0) is 12.3. The molecule has 2 rings (SSSR count). The first kappa shape index (κ1) is 12.0. The van der Waals surface area contributed by atoms with E-state index in [0.29, 0.717) is 5.02 Å². The number of hydrogen-bond donors (Lipinski definition) is 1. The molecule has 2 nitrogen and oxygen atoms in total. The van der Waals surface area contributed by atoms with Gasteiger partial charge in [-0.15, -0.1) is 0 Å². The Morgan fingerprint density at radius 1 is 1.06 bits per heavy atom. The number of hydrogen-bond acceptors (Lipinski definition) is 2. The van der Waals surface area contributed by atoms with Crippen LogP contribution in [0.5, 0.6) is 11.5 Å². The second kappa shape index (κ2) is 5.21. The maximum absolute atomic E-state index is 6.06. The largest absolute Gasteiger partial charge is 0.457 e. The molecule has 0 aliphatic carbocycles. The summed E-state index contributed by atoms with van der Waals surface area (Å²) in [5, 5.41) is 0.667. The smallest absolute Gasteiger partial charge is 0.127 e. The molecular formula is C14H14ClNO. The van der Waals surface area contributed by atoms with E-state index in [1.165, 1.54) is 0 Å². The van der Waals surface area contributed by atoms with Gasteiger partial charge >= 0.3 is 0 Å². The second-order valence-electron chi connectivity index (χ2n) is 3.89. The number of rotatable bonds is 3. The summed E-state index contributed by atoms with van der Waals surface area (Å²) in [6.45, 7) is 1.90. The highest BCUT2D eigenvalue weighted by atomic mass is 35.5. The van der Waals surface area contributed by atoms with Gasteiger partial charge in [0.1, 0.15) is 11.5 Å². The monoisotopic (exact) mass is 247 g/mol. The quantitative estimate of drug-likeness (QED) is 0.884. The molecule has 2 N–H and O–H groups in total. The maximum Gasteiger partial charge on any atom is 0.127 e. The van der Waals surface area contributed by atoms with Gasteiger partial charge in [0.05, 0.1) is 0 Å². The van der Waals surface area contributed by atoms with Gasteiger partial charge in [-0.2, -0.15) is 0 Å². The highest BCUT2D eigenvalue weighted by Crippen LogP contribution is 2.28. The number of ether oxygens (including phenoxy) is 1. The number of halogens is 1. The molecule has 2 aromatic rings. The minimum atomic E-state index is -0.109. The summed E-state index contributed by atoms with van der Waals surface area (Å²) >= 11 is 6.06. The Labute approximate surface area is 106 Å². The van der Waals surface area contributed by atoms with Crippen LogP contribution < -0.4 is 10.5 Å². The fourth-order valence-corrected chi connectivity index (χ4v) is 1.85. The van der Waals surface area contributed by atoms with E-state index in [4.69, 9.17) is 22.1 Å². The molecule has 0 fully saturated rings. The van der Waals surface area contributed by atoms with Gasteiger partial charge in [0, 0.05) is 11.1 Å². The van der Waals surface area contributed by atoms with Gasteiger partial charge in [-0.3, -0.25) is 0 Å². The van der Waals surface area contributed by atoms with Crippen LogP contribution >= 0.6 is 11.6 Å². The van der Waals surface area contributed by atoms with Crippen LogP contribution in [0.25, 0.3) is 0 Å². The number of nitrogens with two attached hydrogens (primary N) is 1. The summed E-state index contributed by atoms with van der Waals surface area (Å²) in [4.78, 5) is 0. The molecule has 1 unspecified atom stereocenters. The third-order valence-electron chi connectivity index (χ3n) is 2.44. The Bertz CT molecular complexity index is 497. The molecule has 0 saturated heterocycles. The normalized spacial score (nSPS) is 12.2.